The van der Waals surface area contributed by atoms with Crippen molar-refractivity contribution in [3.05, 3.63) is 69.5 Å². The molecular weight excluding hydrogens is 580 g/mol. The summed E-state index contributed by atoms with van der Waals surface area (Å²) in [4.78, 5) is 57.2. The summed E-state index contributed by atoms with van der Waals surface area (Å²) in [6, 6.07) is 9.97. The number of rotatable bonds is 8. The third-order valence-electron chi connectivity index (χ3n) is 7.30. The van der Waals surface area contributed by atoms with Crippen LogP contribution in [-0.2, 0) is 22.6 Å². The van der Waals surface area contributed by atoms with E-state index in [0.717, 1.165) is 43.5 Å². The molecule has 1 saturated heterocycles. The minimum atomic E-state index is -0.492. The van der Waals surface area contributed by atoms with Crippen molar-refractivity contribution in [1.29, 1.82) is 0 Å². The largest absolute Gasteiger partial charge is 0.495 e. The molecule has 1 aliphatic heterocycles. The highest BCUT2D eigenvalue weighted by molar-refractivity contribution is 5.77. The number of nitrogens with one attached hydrogen (secondary N) is 1. The van der Waals surface area contributed by atoms with E-state index in [-0.39, 0.29) is 29.8 Å². The molecule has 0 spiro atoms. The third-order valence-corrected chi connectivity index (χ3v) is 7.30. The van der Waals surface area contributed by atoms with E-state index in [1.807, 2.05) is 26.8 Å². The fourth-order valence-corrected chi connectivity index (χ4v) is 5.03. The van der Waals surface area contributed by atoms with E-state index in [2.05, 4.69) is 20.2 Å². The molecule has 5 heterocycles. The summed E-state index contributed by atoms with van der Waals surface area (Å²) in [5.74, 6) is 1.18. The van der Waals surface area contributed by atoms with Gasteiger partial charge in [0.2, 0.25) is 0 Å². The molecule has 0 unspecified atom stereocenters. The Morgan fingerprint density at radius 3 is 1.93 bits per heavy atom. The quantitative estimate of drug-likeness (QED) is 0.292. The molecule has 0 radical (unpaired) electrons. The highest BCUT2D eigenvalue weighted by Crippen LogP contribution is 2.18. The lowest BCUT2D eigenvalue weighted by Crippen LogP contribution is -2.46. The van der Waals surface area contributed by atoms with Gasteiger partial charge in [-0.25, -0.2) is 4.79 Å². The van der Waals surface area contributed by atoms with E-state index in [4.69, 9.17) is 14.2 Å². The van der Waals surface area contributed by atoms with Gasteiger partial charge in [-0.05, 0) is 45.7 Å². The Morgan fingerprint density at radius 2 is 1.42 bits per heavy atom. The average molecular weight is 621 g/mol. The Hall–Kier alpha value is -4.78. The van der Waals surface area contributed by atoms with Gasteiger partial charge in [-0.3, -0.25) is 24.1 Å². The smallest absolute Gasteiger partial charge is 0.407 e. The van der Waals surface area contributed by atoms with Crippen molar-refractivity contribution >= 4 is 34.4 Å². The summed E-state index contributed by atoms with van der Waals surface area (Å²) in [7, 11) is 3.11. The molecule has 13 nitrogen and oxygen atoms in total. The number of alkyl carbamates (subject to hydrolysis) is 1. The first-order chi connectivity index (χ1) is 21.5. The van der Waals surface area contributed by atoms with Crippen LogP contribution in [0.4, 0.5) is 4.79 Å². The second-order valence-corrected chi connectivity index (χ2v) is 11.6. The van der Waals surface area contributed by atoms with Crippen molar-refractivity contribution in [3.63, 3.8) is 0 Å². The molecule has 1 amide bonds. The number of piperidine rings is 1. The van der Waals surface area contributed by atoms with Crippen LogP contribution in [0.1, 0.15) is 33.6 Å². The van der Waals surface area contributed by atoms with Crippen molar-refractivity contribution in [2.45, 2.75) is 58.3 Å². The van der Waals surface area contributed by atoms with Crippen LogP contribution < -0.4 is 25.9 Å². The fourth-order valence-electron chi connectivity index (χ4n) is 5.03. The molecule has 0 atom stereocenters. The molecule has 1 fully saturated rings. The van der Waals surface area contributed by atoms with Gasteiger partial charge in [-0.2, -0.15) is 0 Å². The van der Waals surface area contributed by atoms with Gasteiger partial charge in [0.15, 0.2) is 0 Å². The average Bonchev–Trinajstić information content (AvgIpc) is 3.01. The maximum atomic E-state index is 12.4. The molecule has 0 bridgehead atoms. The number of aldehydes is 1. The van der Waals surface area contributed by atoms with Gasteiger partial charge in [-0.15, -0.1) is 0 Å². The van der Waals surface area contributed by atoms with E-state index in [1.54, 1.807) is 48.3 Å². The zero-order valence-corrected chi connectivity index (χ0v) is 26.3. The predicted octanol–water partition coefficient (Wildman–Crippen LogP) is 3.00. The van der Waals surface area contributed by atoms with Crippen LogP contribution in [0.3, 0.4) is 0 Å². The van der Waals surface area contributed by atoms with Crippen LogP contribution in [0.5, 0.6) is 11.5 Å². The number of carbonyl (C=O) groups excluding carboxylic acids is 2. The van der Waals surface area contributed by atoms with Gasteiger partial charge in [0.25, 0.3) is 11.1 Å². The first-order valence-electron chi connectivity index (χ1n) is 14.7. The van der Waals surface area contributed by atoms with Crippen molar-refractivity contribution in [3.8, 4) is 11.5 Å². The van der Waals surface area contributed by atoms with Crippen LogP contribution in [0.15, 0.2) is 58.4 Å². The molecule has 0 aromatic carbocycles. The number of pyridine rings is 4. The fraction of sp³-hybridized carbons (Fsp3) is 0.438. The number of nitrogens with zero attached hydrogens (tertiary/aromatic N) is 5. The summed E-state index contributed by atoms with van der Waals surface area (Å²) in [5, 5.41) is 2.95. The summed E-state index contributed by atoms with van der Waals surface area (Å²) >= 11 is 0. The van der Waals surface area contributed by atoms with Crippen molar-refractivity contribution in [2.24, 2.45) is 0 Å². The third kappa shape index (κ3) is 8.88. The minimum Gasteiger partial charge on any atom is -0.495 e. The number of likely N-dealkylation sites (tertiary alicyclic amines) is 1. The van der Waals surface area contributed by atoms with E-state index < -0.39 is 5.60 Å². The van der Waals surface area contributed by atoms with E-state index >= 15 is 0 Å². The van der Waals surface area contributed by atoms with Crippen molar-refractivity contribution < 1.29 is 23.8 Å². The number of fused-ring (bicyclic) bond motifs is 2. The number of ether oxygens (including phenoxy) is 3. The summed E-state index contributed by atoms with van der Waals surface area (Å²) in [6.45, 7) is 8.65. The monoisotopic (exact) mass is 620 g/mol. The maximum Gasteiger partial charge on any atom is 0.407 e. The number of hydrogen-bond acceptors (Lipinski definition) is 10. The van der Waals surface area contributed by atoms with Gasteiger partial charge in [0, 0.05) is 56.5 Å². The SMILES string of the molecule is COc1cnc2ccc(=O)n(CC=O)c2c1.COc1cnc2ccc(=O)n(CCN3CCC(NC(=O)OC(C)(C)C)CC3)c2c1. The Bertz CT molecular complexity index is 1750. The number of aromatic nitrogens is 4. The predicted molar refractivity (Wildman–Crippen MR) is 170 cm³/mol. The van der Waals surface area contributed by atoms with Gasteiger partial charge in [-0.1, -0.05) is 0 Å². The molecule has 13 heteroatoms. The topological polar surface area (TPSA) is 147 Å². The second kappa shape index (κ2) is 14.8. The number of carbonyl (C=O) groups is 2. The molecule has 0 saturated carbocycles. The molecule has 0 aliphatic carbocycles. The molecular formula is C32H40N6O7. The molecule has 1 N–H and O–H groups in total. The van der Waals surface area contributed by atoms with Crippen molar-refractivity contribution in [2.75, 3.05) is 33.9 Å². The highest BCUT2D eigenvalue weighted by Gasteiger charge is 2.23. The van der Waals surface area contributed by atoms with Gasteiger partial charge in [0.1, 0.15) is 23.4 Å². The Kier molecular flexibility index (Phi) is 10.9. The van der Waals surface area contributed by atoms with Crippen LogP contribution in [0.2, 0.25) is 0 Å². The zero-order chi connectivity index (χ0) is 32.6. The molecule has 4 aromatic heterocycles. The van der Waals surface area contributed by atoms with E-state index in [1.165, 1.54) is 17.7 Å². The number of methoxy groups -OCH3 is 2. The Morgan fingerprint density at radius 1 is 0.889 bits per heavy atom. The molecule has 4 aromatic rings. The summed E-state index contributed by atoms with van der Waals surface area (Å²) < 4.78 is 18.7. The molecule has 240 valence electrons. The van der Waals surface area contributed by atoms with Crippen molar-refractivity contribution in [1.82, 2.24) is 29.3 Å². The molecule has 45 heavy (non-hydrogen) atoms. The van der Waals surface area contributed by atoms with Gasteiger partial charge < -0.3 is 33.8 Å². The molecule has 5 rings (SSSR count). The Labute approximate surface area is 260 Å². The first-order valence-corrected chi connectivity index (χ1v) is 14.7. The Balaban J connectivity index is 0.000000242. The van der Waals surface area contributed by atoms with Crippen LogP contribution >= 0.6 is 0 Å². The molecule has 1 aliphatic rings. The van der Waals surface area contributed by atoms with Gasteiger partial charge in [0.05, 0.1) is 55.2 Å². The van der Waals surface area contributed by atoms with Crippen LogP contribution in [-0.4, -0.2) is 81.9 Å². The lowest BCUT2D eigenvalue weighted by atomic mass is 10.1. The standard InChI is InChI=1S/C21H30N4O4.C11H10N2O3/c1-21(2,3)29-20(27)23-15-7-9-24(10-8-15)11-12-25-18-13-16(28-4)14-22-17(18)5-6-19(25)26;1-16-8-6-10-9(12-7-8)2-3-11(15)13(10)4-5-14/h5-6,13-15H,7-12H2,1-4H3,(H,23,27);2-3,5-7H,4H2,1H3. The summed E-state index contributed by atoms with van der Waals surface area (Å²) in [5.41, 5.74) is 2.03. The summed E-state index contributed by atoms with van der Waals surface area (Å²) in [6.07, 6.45) is 5.26. The first kappa shape index (κ1) is 33.1. The lowest BCUT2D eigenvalue weighted by molar-refractivity contribution is -0.108. The van der Waals surface area contributed by atoms with Crippen LogP contribution in [0, 0.1) is 0 Å². The van der Waals surface area contributed by atoms with E-state index in [0.29, 0.717) is 35.4 Å². The number of hydrogen-bond donors (Lipinski definition) is 1. The second-order valence-electron chi connectivity index (χ2n) is 11.6. The maximum absolute atomic E-state index is 12.4. The van der Waals surface area contributed by atoms with E-state index in [9.17, 15) is 19.2 Å². The lowest BCUT2D eigenvalue weighted by Gasteiger charge is -2.33. The normalized spacial score (nSPS) is 14.0. The minimum absolute atomic E-state index is 0.0189. The van der Waals surface area contributed by atoms with Gasteiger partial charge >= 0.3 is 6.09 Å². The highest BCUT2D eigenvalue weighted by atomic mass is 16.6. The number of amides is 1. The zero-order valence-electron chi connectivity index (χ0n) is 26.3. The van der Waals surface area contributed by atoms with Crippen LogP contribution in [0.25, 0.3) is 22.1 Å².